The zero-order valence-electron chi connectivity index (χ0n) is 20.6. The molecule has 3 aromatic rings. The number of aromatic nitrogens is 1. The normalized spacial score (nSPS) is 14.6. The van der Waals surface area contributed by atoms with Gasteiger partial charge in [0.05, 0.1) is 36.5 Å². The van der Waals surface area contributed by atoms with E-state index in [0.717, 1.165) is 5.56 Å². The summed E-state index contributed by atoms with van der Waals surface area (Å²) in [6.45, 7) is 4.55. The molecule has 2 heterocycles. The predicted octanol–water partition coefficient (Wildman–Crippen LogP) is 2.72. The first kappa shape index (κ1) is 25.7. The summed E-state index contributed by atoms with van der Waals surface area (Å²) in [5, 5.41) is 8.76. The van der Waals surface area contributed by atoms with Gasteiger partial charge >= 0.3 is 5.97 Å². The highest BCUT2D eigenvalue weighted by Gasteiger charge is 2.31. The van der Waals surface area contributed by atoms with Crippen LogP contribution in [0.2, 0.25) is 0 Å². The Morgan fingerprint density at radius 1 is 1.14 bits per heavy atom. The van der Waals surface area contributed by atoms with E-state index in [4.69, 9.17) is 24.2 Å². The van der Waals surface area contributed by atoms with Gasteiger partial charge in [0.2, 0.25) is 0 Å². The van der Waals surface area contributed by atoms with Gasteiger partial charge in [-0.05, 0) is 55.3 Å². The van der Waals surface area contributed by atoms with Gasteiger partial charge in [-0.2, -0.15) is 5.26 Å². The van der Waals surface area contributed by atoms with Crippen LogP contribution < -0.4 is 29.1 Å². The van der Waals surface area contributed by atoms with Crippen molar-refractivity contribution in [2.45, 2.75) is 19.9 Å². The van der Waals surface area contributed by atoms with Crippen molar-refractivity contribution in [1.82, 2.24) is 4.57 Å². The van der Waals surface area contributed by atoms with Crippen LogP contribution in [0.15, 0.2) is 64.0 Å². The highest BCUT2D eigenvalue weighted by molar-refractivity contribution is 7.07. The maximum atomic E-state index is 13.7. The molecule has 1 aromatic heterocycles. The molecule has 1 aliphatic rings. The number of fused-ring (bicyclic) bond motifs is 1. The Balaban J connectivity index is 1.86. The summed E-state index contributed by atoms with van der Waals surface area (Å²) in [6, 6.07) is 13.6. The van der Waals surface area contributed by atoms with E-state index in [-0.39, 0.29) is 17.7 Å². The number of hydrogen-bond donors (Lipinski definition) is 0. The van der Waals surface area contributed by atoms with Gasteiger partial charge in [-0.1, -0.05) is 29.5 Å². The van der Waals surface area contributed by atoms with Gasteiger partial charge < -0.3 is 18.9 Å². The predicted molar refractivity (Wildman–Crippen MR) is 137 cm³/mol. The molecule has 9 nitrogen and oxygen atoms in total. The van der Waals surface area contributed by atoms with Gasteiger partial charge in [0.1, 0.15) is 11.8 Å². The maximum absolute atomic E-state index is 13.7. The second-order valence-corrected chi connectivity index (χ2v) is 8.78. The number of esters is 1. The molecule has 0 N–H and O–H groups in total. The molecule has 0 amide bonds. The van der Waals surface area contributed by atoms with E-state index >= 15 is 0 Å². The van der Waals surface area contributed by atoms with E-state index in [1.54, 1.807) is 42.5 Å². The molecule has 0 bridgehead atoms. The smallest absolute Gasteiger partial charge is 0.337 e. The quantitative estimate of drug-likeness (QED) is 0.400. The molecule has 2 aromatic carbocycles. The van der Waals surface area contributed by atoms with E-state index < -0.39 is 12.0 Å². The zero-order valence-corrected chi connectivity index (χ0v) is 21.4. The average Bonchev–Trinajstić information content (AvgIpc) is 3.22. The minimum atomic E-state index is -0.772. The van der Waals surface area contributed by atoms with Gasteiger partial charge in [-0.25, -0.2) is 9.79 Å². The lowest BCUT2D eigenvalue weighted by atomic mass is 9.97. The molecule has 37 heavy (non-hydrogen) atoms. The van der Waals surface area contributed by atoms with Gasteiger partial charge in [0, 0.05) is 6.20 Å². The third-order valence-corrected chi connectivity index (χ3v) is 6.46. The number of hydrogen-bond acceptors (Lipinski definition) is 9. The highest BCUT2D eigenvalue weighted by atomic mass is 32.1. The van der Waals surface area contributed by atoms with Crippen LogP contribution >= 0.6 is 11.3 Å². The van der Waals surface area contributed by atoms with Gasteiger partial charge in [-0.3, -0.25) is 9.36 Å². The van der Waals surface area contributed by atoms with Crippen LogP contribution in [-0.2, 0) is 9.53 Å². The number of methoxy groups -OCH3 is 1. The number of ether oxygens (including phenoxy) is 4. The molecule has 0 radical (unpaired) electrons. The first-order chi connectivity index (χ1) is 18.0. The summed E-state index contributed by atoms with van der Waals surface area (Å²) < 4.78 is 23.7. The van der Waals surface area contributed by atoms with E-state index in [9.17, 15) is 9.59 Å². The number of thiazole rings is 1. The third-order valence-electron chi connectivity index (χ3n) is 5.47. The number of carbonyl (C=O) groups excluding carboxylic acids is 1. The lowest BCUT2D eigenvalue weighted by Gasteiger charge is -2.23. The van der Waals surface area contributed by atoms with Crippen LogP contribution in [-0.4, -0.2) is 37.5 Å². The minimum Gasteiger partial charge on any atom is -0.490 e. The molecule has 1 atom stereocenters. The van der Waals surface area contributed by atoms with Crippen molar-refractivity contribution in [2.75, 3.05) is 26.9 Å². The Labute approximate surface area is 217 Å². The van der Waals surface area contributed by atoms with Gasteiger partial charge in [-0.15, -0.1) is 0 Å². The highest BCUT2D eigenvalue weighted by Crippen LogP contribution is 2.35. The number of nitrogens with zero attached hydrogens (tertiary/aromatic N) is 3. The van der Waals surface area contributed by atoms with Crippen LogP contribution in [0.25, 0.3) is 6.08 Å². The van der Waals surface area contributed by atoms with Crippen LogP contribution in [0.1, 0.15) is 31.0 Å². The fraction of sp³-hybridized carbons (Fsp3) is 0.259. The summed E-state index contributed by atoms with van der Waals surface area (Å²) in [6.07, 6.45) is 3.17. The Hall–Kier alpha value is -4.36. The van der Waals surface area contributed by atoms with Crippen molar-refractivity contribution >= 4 is 23.4 Å². The largest absolute Gasteiger partial charge is 0.490 e. The van der Waals surface area contributed by atoms with Crippen LogP contribution in [0.4, 0.5) is 0 Å². The monoisotopic (exact) mass is 519 g/mol. The second kappa shape index (κ2) is 11.6. The van der Waals surface area contributed by atoms with Crippen molar-refractivity contribution in [3.05, 3.63) is 85.1 Å². The molecule has 0 saturated heterocycles. The van der Waals surface area contributed by atoms with Crippen molar-refractivity contribution in [2.24, 2.45) is 4.99 Å². The van der Waals surface area contributed by atoms with Crippen LogP contribution in [0.3, 0.4) is 0 Å². The standard InChI is InChI=1S/C27H25N3O6S/c1-4-34-21-10-9-18(15-22(21)35-5-2)24-20(26(32)33-3)16-29-27-30(24)25(31)23(37-27)14-17-7-6-8-19(13-17)36-12-11-28/h6-10,13-16,24H,4-5,12H2,1-3H3/b23-14+/t24-/m1/s1. The number of benzene rings is 2. The molecule has 0 saturated carbocycles. The summed E-state index contributed by atoms with van der Waals surface area (Å²) in [7, 11) is 1.29. The van der Waals surface area contributed by atoms with E-state index in [2.05, 4.69) is 4.99 Å². The van der Waals surface area contributed by atoms with E-state index in [0.29, 0.717) is 45.4 Å². The molecule has 0 spiro atoms. The van der Waals surface area contributed by atoms with Crippen molar-refractivity contribution in [3.63, 3.8) is 0 Å². The van der Waals surface area contributed by atoms with E-state index in [1.807, 2.05) is 26.0 Å². The zero-order chi connectivity index (χ0) is 26.4. The van der Waals surface area contributed by atoms with Crippen molar-refractivity contribution < 1.29 is 23.7 Å². The van der Waals surface area contributed by atoms with Crippen LogP contribution in [0, 0.1) is 11.3 Å². The second-order valence-electron chi connectivity index (χ2n) is 7.77. The molecule has 1 aliphatic heterocycles. The Bertz CT molecular complexity index is 1560. The first-order valence-electron chi connectivity index (χ1n) is 11.6. The molecular weight excluding hydrogens is 494 g/mol. The lowest BCUT2D eigenvalue weighted by Crippen LogP contribution is -2.39. The third kappa shape index (κ3) is 5.42. The van der Waals surface area contributed by atoms with Crippen LogP contribution in [0.5, 0.6) is 17.2 Å². The first-order valence-corrected chi connectivity index (χ1v) is 12.4. The minimum absolute atomic E-state index is 0.0756. The Morgan fingerprint density at radius 3 is 2.65 bits per heavy atom. The lowest BCUT2D eigenvalue weighted by molar-refractivity contribution is -0.136. The van der Waals surface area contributed by atoms with Gasteiger partial charge in [0.15, 0.2) is 22.9 Å². The average molecular weight is 520 g/mol. The summed E-state index contributed by atoms with van der Waals surface area (Å²) in [5.41, 5.74) is 1.29. The summed E-state index contributed by atoms with van der Waals surface area (Å²) in [5.74, 6) is 1.02. The fourth-order valence-electron chi connectivity index (χ4n) is 3.95. The topological polar surface area (TPSA) is 112 Å². The van der Waals surface area contributed by atoms with Crippen molar-refractivity contribution in [3.8, 4) is 23.3 Å². The molecule has 0 unspecified atom stereocenters. The Morgan fingerprint density at radius 2 is 1.92 bits per heavy atom. The Kier molecular flexibility index (Phi) is 8.05. The molecule has 0 fully saturated rings. The molecule has 4 rings (SSSR count). The summed E-state index contributed by atoms with van der Waals surface area (Å²) >= 11 is 1.21. The number of nitriles is 1. The number of carbonyl (C=O) groups is 1. The maximum Gasteiger partial charge on any atom is 0.337 e. The molecule has 190 valence electrons. The molecule has 10 heteroatoms. The fourth-order valence-corrected chi connectivity index (χ4v) is 4.92. The molecule has 0 aliphatic carbocycles. The number of rotatable bonds is 9. The SMILES string of the molecule is CCOc1ccc([C@@H]2C(C(=O)OC)=CN=c3s/c(=C/c4cccc(OCC#N)c4)c(=O)n32)cc1OCC. The van der Waals surface area contributed by atoms with Crippen molar-refractivity contribution in [1.29, 1.82) is 5.26 Å². The van der Waals surface area contributed by atoms with E-state index in [1.165, 1.54) is 29.2 Å². The van der Waals surface area contributed by atoms with Gasteiger partial charge in [0.25, 0.3) is 5.56 Å². The summed E-state index contributed by atoms with van der Waals surface area (Å²) in [4.78, 5) is 31.2. The molecular formula is C27H25N3O6S.